The molecule has 0 fully saturated rings. The van der Waals surface area contributed by atoms with E-state index in [1.165, 1.54) is 41.0 Å². The highest BCUT2D eigenvalue weighted by Gasteiger charge is 2.32. The zero-order valence-electron chi connectivity index (χ0n) is 43.2. The number of hydrogen-bond acceptors (Lipinski definition) is 14. The number of alkyl halides is 6. The Morgan fingerprint density at radius 1 is 0.562 bits per heavy atom. The number of halogens is 6. The Hall–Kier alpha value is -10.3. The molecule has 0 saturated heterocycles. The zero-order chi connectivity index (χ0) is 57.1. The highest BCUT2D eigenvalue weighted by atomic mass is 19.4. The fraction of sp³-hybridized carbons (Fsp3) is 0.123. The molecule has 0 aliphatic carbocycles. The monoisotopic (exact) mass is 1090 g/mol. The summed E-state index contributed by atoms with van der Waals surface area (Å²) in [5.74, 6) is -0.199. The van der Waals surface area contributed by atoms with E-state index in [2.05, 4.69) is 55.8 Å². The van der Waals surface area contributed by atoms with Crippen LogP contribution in [0.2, 0.25) is 0 Å². The van der Waals surface area contributed by atoms with Gasteiger partial charge in [0.15, 0.2) is 0 Å². The molecule has 23 heteroatoms. The molecule has 10 rings (SSSR count). The SMILES string of the molecule is COC(=O)c1ccc(C)c(Nc2nccc(-c3cccnc3)n2)c1.Cc1cn(-c2cc(N)cc(C(F)(F)F)c2)cn1.Cc1cn(-c2cc(NC(=O)c3ccc(C)c(Nc4nccc(-c5cccnc5)n4)c3)cc(C(F)(F)F)c2)cn1. The molecular formula is C57H48F6N14O3. The van der Waals surface area contributed by atoms with Crippen LogP contribution in [0.5, 0.6) is 0 Å². The smallest absolute Gasteiger partial charge is 0.416 e. The second-order valence-electron chi connectivity index (χ2n) is 17.7. The van der Waals surface area contributed by atoms with Gasteiger partial charge in [-0.1, -0.05) is 12.1 Å². The Balaban J connectivity index is 0.000000174. The first-order valence-corrected chi connectivity index (χ1v) is 24.0. The van der Waals surface area contributed by atoms with Gasteiger partial charge in [-0.15, -0.1) is 0 Å². The Labute approximate surface area is 453 Å². The van der Waals surface area contributed by atoms with E-state index in [0.717, 1.165) is 63.6 Å². The number of ether oxygens (including phenoxy) is 1. The zero-order valence-corrected chi connectivity index (χ0v) is 43.2. The van der Waals surface area contributed by atoms with Gasteiger partial charge < -0.3 is 35.6 Å². The number of amides is 1. The van der Waals surface area contributed by atoms with Crippen LogP contribution in [0.15, 0.2) is 171 Å². The number of nitrogen functional groups attached to an aromatic ring is 1. The third-order valence-electron chi connectivity index (χ3n) is 11.7. The average molecular weight is 1090 g/mol. The van der Waals surface area contributed by atoms with Gasteiger partial charge in [-0.3, -0.25) is 14.8 Å². The Bertz CT molecular complexity index is 3800. The molecule has 0 aliphatic rings. The number of carbonyl (C=O) groups is 2. The second kappa shape index (κ2) is 24.3. The number of benzene rings is 4. The van der Waals surface area contributed by atoms with Crippen molar-refractivity contribution in [3.05, 3.63) is 216 Å². The van der Waals surface area contributed by atoms with E-state index in [4.69, 9.17) is 10.5 Å². The second-order valence-corrected chi connectivity index (χ2v) is 17.7. The number of esters is 1. The van der Waals surface area contributed by atoms with E-state index in [1.54, 1.807) is 106 Å². The predicted octanol–water partition coefficient (Wildman–Crippen LogP) is 12.5. The van der Waals surface area contributed by atoms with E-state index in [1.807, 2.05) is 44.2 Å². The molecule has 406 valence electrons. The molecule has 0 bridgehead atoms. The van der Waals surface area contributed by atoms with Crippen LogP contribution < -0.4 is 21.7 Å². The highest BCUT2D eigenvalue weighted by molar-refractivity contribution is 6.05. The van der Waals surface area contributed by atoms with Crippen LogP contribution >= 0.6 is 0 Å². The molecule has 4 aromatic carbocycles. The molecule has 0 saturated carbocycles. The first-order valence-electron chi connectivity index (χ1n) is 24.0. The minimum atomic E-state index is -4.60. The van der Waals surface area contributed by atoms with Crippen molar-refractivity contribution in [2.24, 2.45) is 0 Å². The maximum Gasteiger partial charge on any atom is 0.416 e. The summed E-state index contributed by atoms with van der Waals surface area (Å²) in [5.41, 5.74) is 12.8. The molecule has 6 aromatic heterocycles. The Kier molecular flexibility index (Phi) is 17.0. The van der Waals surface area contributed by atoms with E-state index in [0.29, 0.717) is 40.2 Å². The number of nitrogens with two attached hydrogens (primary N) is 1. The Morgan fingerprint density at radius 2 is 1.05 bits per heavy atom. The minimum absolute atomic E-state index is 0.00114. The van der Waals surface area contributed by atoms with E-state index < -0.39 is 29.4 Å². The lowest BCUT2D eigenvalue weighted by molar-refractivity contribution is -0.138. The quantitative estimate of drug-likeness (QED) is 0.0538. The highest BCUT2D eigenvalue weighted by Crippen LogP contribution is 2.35. The number of rotatable bonds is 11. The summed E-state index contributed by atoms with van der Waals surface area (Å²) < 4.78 is 86.3. The summed E-state index contributed by atoms with van der Waals surface area (Å²) in [6, 6.07) is 28.0. The predicted molar refractivity (Wildman–Crippen MR) is 290 cm³/mol. The molecule has 17 nitrogen and oxygen atoms in total. The standard InChI is InChI=1S/C28H22F3N7O.C18H16N4O2.C11H10F3N3/c1-17-5-6-19(10-25(17)37-27-33-9-7-24(36-27)20-4-3-8-32-14-20)26(39)35-22-11-21(28(29,30)31)12-23(13-22)38-15-18(2)34-16-38;1-12-5-6-13(17(23)24-2)10-16(12)22-18-20-9-7-15(21-18)14-4-3-8-19-11-14;1-7-5-17(6-16-7)10-3-8(11(12,13)14)2-9(15)4-10/h3-16H,1-2H3,(H,35,39)(H,33,36,37);3-11H,1-2H3,(H,20,21,22);2-6H,15H2,1H3. The van der Waals surface area contributed by atoms with Gasteiger partial charge in [0, 0.05) is 100 Å². The van der Waals surface area contributed by atoms with E-state index in [-0.39, 0.29) is 28.6 Å². The lowest BCUT2D eigenvalue weighted by Crippen LogP contribution is -2.14. The molecule has 1 amide bonds. The molecule has 5 N–H and O–H groups in total. The minimum Gasteiger partial charge on any atom is -0.465 e. The number of imidazole rings is 2. The molecule has 0 radical (unpaired) electrons. The third-order valence-corrected chi connectivity index (χ3v) is 11.7. The molecule has 0 unspecified atom stereocenters. The number of anilines is 6. The summed E-state index contributed by atoms with van der Waals surface area (Å²) in [7, 11) is 1.36. The van der Waals surface area contributed by atoms with Crippen molar-refractivity contribution in [3.8, 4) is 33.9 Å². The molecule has 0 spiro atoms. The number of aryl methyl sites for hydroxylation is 4. The van der Waals surface area contributed by atoms with Crippen molar-refractivity contribution in [3.63, 3.8) is 0 Å². The lowest BCUT2D eigenvalue weighted by Gasteiger charge is -2.14. The molecule has 6 heterocycles. The number of methoxy groups -OCH3 is 1. The summed E-state index contributed by atoms with van der Waals surface area (Å²) >= 11 is 0. The van der Waals surface area contributed by atoms with Gasteiger partial charge >= 0.3 is 18.3 Å². The van der Waals surface area contributed by atoms with Crippen LogP contribution in [0.4, 0.5) is 61.0 Å². The van der Waals surface area contributed by atoms with Crippen molar-refractivity contribution in [2.75, 3.05) is 28.8 Å². The van der Waals surface area contributed by atoms with Crippen molar-refractivity contribution < 1.29 is 40.7 Å². The van der Waals surface area contributed by atoms with Gasteiger partial charge in [0.2, 0.25) is 11.9 Å². The van der Waals surface area contributed by atoms with Gasteiger partial charge in [0.1, 0.15) is 0 Å². The van der Waals surface area contributed by atoms with Crippen LogP contribution in [-0.4, -0.2) is 68.0 Å². The Morgan fingerprint density at radius 3 is 1.51 bits per heavy atom. The average Bonchev–Trinajstić information content (AvgIpc) is 4.10. The fourth-order valence-corrected chi connectivity index (χ4v) is 7.60. The van der Waals surface area contributed by atoms with Crippen LogP contribution in [0, 0.1) is 27.7 Å². The van der Waals surface area contributed by atoms with Crippen LogP contribution in [0.3, 0.4) is 0 Å². The molecule has 0 atom stereocenters. The van der Waals surface area contributed by atoms with Crippen molar-refractivity contribution in [2.45, 2.75) is 40.0 Å². The number of nitrogens with one attached hydrogen (secondary N) is 3. The number of carbonyl (C=O) groups excluding carboxylic acids is 2. The maximum absolute atomic E-state index is 13.6. The number of aromatic nitrogens is 10. The van der Waals surface area contributed by atoms with Gasteiger partial charge in [-0.2, -0.15) is 26.3 Å². The summed E-state index contributed by atoms with van der Waals surface area (Å²) in [6.07, 6.45) is 7.20. The first-order chi connectivity index (χ1) is 38.2. The van der Waals surface area contributed by atoms with Crippen LogP contribution in [0.1, 0.15) is 54.4 Å². The van der Waals surface area contributed by atoms with Crippen LogP contribution in [0.25, 0.3) is 33.9 Å². The molecule has 80 heavy (non-hydrogen) atoms. The van der Waals surface area contributed by atoms with Crippen LogP contribution in [-0.2, 0) is 17.1 Å². The van der Waals surface area contributed by atoms with E-state index in [9.17, 15) is 35.9 Å². The van der Waals surface area contributed by atoms with E-state index >= 15 is 0 Å². The van der Waals surface area contributed by atoms with Crippen molar-refractivity contribution >= 4 is 46.5 Å². The topological polar surface area (TPSA) is 218 Å². The summed E-state index contributed by atoms with van der Waals surface area (Å²) in [4.78, 5) is 58.5. The summed E-state index contributed by atoms with van der Waals surface area (Å²) in [6.45, 7) is 7.28. The fourth-order valence-electron chi connectivity index (χ4n) is 7.60. The lowest BCUT2D eigenvalue weighted by atomic mass is 10.1. The number of nitrogens with zero attached hydrogens (tertiary/aromatic N) is 10. The molecule has 10 aromatic rings. The largest absolute Gasteiger partial charge is 0.465 e. The third kappa shape index (κ3) is 14.6. The van der Waals surface area contributed by atoms with Crippen molar-refractivity contribution in [1.82, 2.24) is 49.0 Å². The summed E-state index contributed by atoms with van der Waals surface area (Å²) in [5, 5.41) is 8.86. The van der Waals surface area contributed by atoms with Gasteiger partial charge in [0.25, 0.3) is 5.91 Å². The number of pyridine rings is 2. The van der Waals surface area contributed by atoms with Gasteiger partial charge in [-0.05, 0) is 136 Å². The van der Waals surface area contributed by atoms with Gasteiger partial charge in [0.05, 0.1) is 59.2 Å². The normalized spacial score (nSPS) is 11.1. The van der Waals surface area contributed by atoms with Gasteiger partial charge in [-0.25, -0.2) is 34.7 Å². The van der Waals surface area contributed by atoms with Crippen molar-refractivity contribution in [1.29, 1.82) is 0 Å². The maximum atomic E-state index is 13.6. The number of hydrogen-bond donors (Lipinski definition) is 4. The molecule has 0 aliphatic heterocycles. The first kappa shape index (κ1) is 55.9. The molecular weight excluding hydrogens is 1040 g/mol.